The third-order valence-electron chi connectivity index (χ3n) is 4.10. The number of amides is 2. The van der Waals surface area contributed by atoms with Crippen LogP contribution in [-0.4, -0.2) is 47.1 Å². The van der Waals surface area contributed by atoms with Crippen molar-refractivity contribution in [3.63, 3.8) is 0 Å². The van der Waals surface area contributed by atoms with E-state index in [1.54, 1.807) is 11.1 Å². The molecule has 8 nitrogen and oxygen atoms in total. The molecule has 25 heavy (non-hydrogen) atoms. The Morgan fingerprint density at radius 1 is 1.36 bits per heavy atom. The SMILES string of the molecule is COC(=O)N=NCC(=O)N1CCC[C@H]1c1ncc(-c2ccccc2)[nH]1. The molecule has 1 aromatic carbocycles. The lowest BCUT2D eigenvalue weighted by molar-refractivity contribution is -0.130. The maximum atomic E-state index is 12.4. The molecular weight excluding hydrogens is 322 g/mol. The van der Waals surface area contributed by atoms with Gasteiger partial charge in [-0.25, -0.2) is 9.78 Å². The van der Waals surface area contributed by atoms with E-state index < -0.39 is 6.09 Å². The summed E-state index contributed by atoms with van der Waals surface area (Å²) < 4.78 is 4.35. The maximum absolute atomic E-state index is 12.4. The van der Waals surface area contributed by atoms with Gasteiger partial charge >= 0.3 is 6.09 Å². The van der Waals surface area contributed by atoms with Gasteiger partial charge in [-0.3, -0.25) is 4.79 Å². The van der Waals surface area contributed by atoms with Crippen molar-refractivity contribution in [2.45, 2.75) is 18.9 Å². The van der Waals surface area contributed by atoms with Crippen LogP contribution >= 0.6 is 0 Å². The summed E-state index contributed by atoms with van der Waals surface area (Å²) in [6.07, 6.45) is 2.69. The van der Waals surface area contributed by atoms with Crippen LogP contribution in [0.15, 0.2) is 46.8 Å². The zero-order valence-electron chi connectivity index (χ0n) is 13.9. The van der Waals surface area contributed by atoms with Crippen molar-refractivity contribution in [1.82, 2.24) is 14.9 Å². The summed E-state index contributed by atoms with van der Waals surface area (Å²) >= 11 is 0. The molecule has 0 bridgehead atoms. The Kier molecular flexibility index (Phi) is 5.17. The lowest BCUT2D eigenvalue weighted by atomic mass is 10.2. The number of aromatic amines is 1. The first-order valence-electron chi connectivity index (χ1n) is 8.04. The highest BCUT2D eigenvalue weighted by Crippen LogP contribution is 2.31. The highest BCUT2D eigenvalue weighted by atomic mass is 16.5. The van der Waals surface area contributed by atoms with Gasteiger partial charge in [-0.1, -0.05) is 35.4 Å². The first kappa shape index (κ1) is 16.8. The normalized spacial score (nSPS) is 17.2. The van der Waals surface area contributed by atoms with Gasteiger partial charge in [0.15, 0.2) is 0 Å². The fraction of sp³-hybridized carbons (Fsp3) is 0.353. The molecule has 1 saturated heterocycles. The van der Waals surface area contributed by atoms with Crippen LogP contribution in [0.3, 0.4) is 0 Å². The molecule has 1 N–H and O–H groups in total. The zero-order chi connectivity index (χ0) is 17.6. The van der Waals surface area contributed by atoms with Crippen LogP contribution in [0.4, 0.5) is 4.79 Å². The van der Waals surface area contributed by atoms with Gasteiger partial charge in [0.25, 0.3) is 0 Å². The largest absolute Gasteiger partial charge is 0.451 e. The molecule has 1 aromatic heterocycles. The lowest BCUT2D eigenvalue weighted by Crippen LogP contribution is -2.32. The first-order chi connectivity index (χ1) is 12.2. The average Bonchev–Trinajstić information content (AvgIpc) is 3.31. The molecule has 0 radical (unpaired) electrons. The third kappa shape index (κ3) is 3.90. The minimum absolute atomic E-state index is 0.113. The number of imidazole rings is 1. The molecule has 0 aliphatic carbocycles. The second kappa shape index (κ2) is 7.69. The number of nitrogens with zero attached hydrogens (tertiary/aromatic N) is 4. The first-order valence-corrected chi connectivity index (χ1v) is 8.04. The summed E-state index contributed by atoms with van der Waals surface area (Å²) in [5, 5.41) is 6.88. The third-order valence-corrected chi connectivity index (χ3v) is 4.10. The van der Waals surface area contributed by atoms with Gasteiger partial charge in [0.05, 0.1) is 25.0 Å². The smallest absolute Gasteiger partial charge is 0.450 e. The Morgan fingerprint density at radius 3 is 2.92 bits per heavy atom. The van der Waals surface area contributed by atoms with Crippen molar-refractivity contribution in [1.29, 1.82) is 0 Å². The summed E-state index contributed by atoms with van der Waals surface area (Å²) in [5.41, 5.74) is 1.96. The van der Waals surface area contributed by atoms with E-state index in [0.29, 0.717) is 6.54 Å². The van der Waals surface area contributed by atoms with Crippen molar-refractivity contribution < 1.29 is 14.3 Å². The fourth-order valence-electron chi connectivity index (χ4n) is 2.91. The number of benzene rings is 1. The summed E-state index contributed by atoms with van der Waals surface area (Å²) in [7, 11) is 1.21. The monoisotopic (exact) mass is 341 g/mol. The number of rotatable bonds is 4. The summed E-state index contributed by atoms with van der Waals surface area (Å²) in [5.74, 6) is 0.572. The number of methoxy groups -OCH3 is 1. The van der Waals surface area contributed by atoms with E-state index in [1.807, 2.05) is 30.3 Å². The number of carbonyl (C=O) groups is 2. The van der Waals surface area contributed by atoms with Crippen LogP contribution in [0.2, 0.25) is 0 Å². The van der Waals surface area contributed by atoms with E-state index in [0.717, 1.165) is 29.9 Å². The van der Waals surface area contributed by atoms with Gasteiger partial charge in [-0.15, -0.1) is 0 Å². The van der Waals surface area contributed by atoms with E-state index >= 15 is 0 Å². The number of hydrogen-bond acceptors (Lipinski definition) is 5. The van der Waals surface area contributed by atoms with Crippen LogP contribution in [0.5, 0.6) is 0 Å². The number of ether oxygens (including phenoxy) is 1. The summed E-state index contributed by atoms with van der Waals surface area (Å²) in [6.45, 7) is 0.455. The predicted octanol–water partition coefficient (Wildman–Crippen LogP) is 2.96. The van der Waals surface area contributed by atoms with Crippen molar-refractivity contribution in [3.05, 3.63) is 42.4 Å². The Labute approximate surface area is 144 Å². The Morgan fingerprint density at radius 2 is 2.16 bits per heavy atom. The van der Waals surface area contributed by atoms with Crippen LogP contribution < -0.4 is 0 Å². The van der Waals surface area contributed by atoms with E-state index in [-0.39, 0.29) is 18.5 Å². The highest BCUT2D eigenvalue weighted by Gasteiger charge is 2.31. The minimum Gasteiger partial charge on any atom is -0.450 e. The van der Waals surface area contributed by atoms with Crippen molar-refractivity contribution >= 4 is 12.0 Å². The zero-order valence-corrected chi connectivity index (χ0v) is 13.9. The van der Waals surface area contributed by atoms with E-state index in [4.69, 9.17) is 0 Å². The molecule has 8 heteroatoms. The topological polar surface area (TPSA) is 100 Å². The molecule has 2 heterocycles. The highest BCUT2D eigenvalue weighted by molar-refractivity contribution is 5.79. The fourth-order valence-corrected chi connectivity index (χ4v) is 2.91. The van der Waals surface area contributed by atoms with Crippen molar-refractivity contribution in [2.24, 2.45) is 10.2 Å². The Bertz CT molecular complexity index is 772. The van der Waals surface area contributed by atoms with Gasteiger partial charge in [0, 0.05) is 6.54 Å². The average molecular weight is 341 g/mol. The molecule has 1 aliphatic rings. The second-order valence-corrected chi connectivity index (χ2v) is 5.66. The standard InChI is InChI=1S/C17H19N5O3/c1-25-17(24)21-19-11-15(23)22-9-5-8-14(22)16-18-10-13(20-16)12-6-3-2-4-7-12/h2-4,6-7,10,14H,5,8-9,11H2,1H3,(H,18,20)/t14-/m0/s1. The Hall–Kier alpha value is -3.03. The molecular formula is C17H19N5O3. The van der Waals surface area contributed by atoms with Crippen LogP contribution in [0, 0.1) is 0 Å². The molecule has 2 aromatic rings. The van der Waals surface area contributed by atoms with Gasteiger partial charge < -0.3 is 14.6 Å². The molecule has 1 atom stereocenters. The molecule has 2 amide bonds. The van der Waals surface area contributed by atoms with E-state index in [9.17, 15) is 9.59 Å². The van der Waals surface area contributed by atoms with Crippen LogP contribution in [0.25, 0.3) is 11.3 Å². The number of likely N-dealkylation sites (tertiary alicyclic amines) is 1. The number of carbonyl (C=O) groups excluding carboxylic acids is 2. The molecule has 1 fully saturated rings. The number of aromatic nitrogens is 2. The van der Waals surface area contributed by atoms with E-state index in [2.05, 4.69) is 24.9 Å². The quantitative estimate of drug-likeness (QED) is 0.864. The van der Waals surface area contributed by atoms with Crippen LogP contribution in [-0.2, 0) is 9.53 Å². The minimum atomic E-state index is -0.815. The number of azo groups is 1. The number of nitrogens with one attached hydrogen (secondary N) is 1. The summed E-state index contributed by atoms with van der Waals surface area (Å²) in [6, 6.07) is 9.78. The second-order valence-electron chi connectivity index (χ2n) is 5.66. The van der Waals surface area contributed by atoms with E-state index in [1.165, 1.54) is 7.11 Å². The van der Waals surface area contributed by atoms with Gasteiger partial charge in [0.1, 0.15) is 12.4 Å². The molecule has 130 valence electrons. The molecule has 3 rings (SSSR count). The van der Waals surface area contributed by atoms with Crippen LogP contribution in [0.1, 0.15) is 24.7 Å². The molecule has 0 unspecified atom stereocenters. The maximum Gasteiger partial charge on any atom is 0.451 e. The van der Waals surface area contributed by atoms with Crippen molar-refractivity contribution in [3.8, 4) is 11.3 Å². The van der Waals surface area contributed by atoms with Crippen molar-refractivity contribution in [2.75, 3.05) is 20.2 Å². The molecule has 0 saturated carbocycles. The lowest BCUT2D eigenvalue weighted by Gasteiger charge is -2.22. The van der Waals surface area contributed by atoms with Gasteiger partial charge in [-0.05, 0) is 18.4 Å². The molecule has 1 aliphatic heterocycles. The number of H-pyrrole nitrogens is 1. The number of hydrogen-bond donors (Lipinski definition) is 1. The Balaban J connectivity index is 1.69. The summed E-state index contributed by atoms with van der Waals surface area (Å²) in [4.78, 5) is 32.8. The van der Waals surface area contributed by atoms with Gasteiger partial charge in [0.2, 0.25) is 5.91 Å². The van der Waals surface area contributed by atoms with Gasteiger partial charge in [-0.2, -0.15) is 5.11 Å². The molecule has 0 spiro atoms. The predicted molar refractivity (Wildman–Crippen MR) is 89.8 cm³/mol.